The highest BCUT2D eigenvalue weighted by molar-refractivity contribution is 5.63. The topological polar surface area (TPSA) is 70.9 Å². The molecule has 0 saturated heterocycles. The molecule has 1 rings (SSSR count). The second kappa shape index (κ2) is 3.45. The standard InChI is InChI=1S/C9H13N3O/c1-5-4-6(2)11-9(13)8(5)7(3)12-10/h4,12H,3,10H2,1-2H3,(H,11,13). The highest BCUT2D eigenvalue weighted by Crippen LogP contribution is 2.09. The van der Waals surface area contributed by atoms with Crippen molar-refractivity contribution >= 4 is 5.70 Å². The van der Waals surface area contributed by atoms with Crippen molar-refractivity contribution in [1.82, 2.24) is 10.4 Å². The number of nitrogens with one attached hydrogen (secondary N) is 2. The van der Waals surface area contributed by atoms with E-state index in [2.05, 4.69) is 17.0 Å². The Hall–Kier alpha value is -1.55. The molecule has 1 aromatic rings. The Labute approximate surface area is 76.4 Å². The van der Waals surface area contributed by atoms with Gasteiger partial charge in [0, 0.05) is 5.69 Å². The van der Waals surface area contributed by atoms with Crippen LogP contribution in [-0.4, -0.2) is 4.98 Å². The van der Waals surface area contributed by atoms with Crippen LogP contribution < -0.4 is 16.8 Å². The first-order chi connectivity index (χ1) is 6.06. The minimum Gasteiger partial charge on any atom is -0.326 e. The monoisotopic (exact) mass is 179 g/mol. The van der Waals surface area contributed by atoms with Crippen molar-refractivity contribution in [2.45, 2.75) is 13.8 Å². The zero-order valence-corrected chi connectivity index (χ0v) is 7.77. The number of aromatic amines is 1. The van der Waals surface area contributed by atoms with E-state index in [1.54, 1.807) is 0 Å². The number of aryl methyl sites for hydroxylation is 2. The van der Waals surface area contributed by atoms with Gasteiger partial charge in [0.05, 0.1) is 11.3 Å². The fourth-order valence-electron chi connectivity index (χ4n) is 1.30. The van der Waals surface area contributed by atoms with E-state index < -0.39 is 0 Å². The Kier molecular flexibility index (Phi) is 2.53. The molecule has 0 bridgehead atoms. The first-order valence-corrected chi connectivity index (χ1v) is 3.92. The third-order valence-corrected chi connectivity index (χ3v) is 1.84. The summed E-state index contributed by atoms with van der Waals surface area (Å²) < 4.78 is 0. The molecule has 0 spiro atoms. The molecule has 13 heavy (non-hydrogen) atoms. The van der Waals surface area contributed by atoms with Crippen molar-refractivity contribution in [3.63, 3.8) is 0 Å². The number of H-pyrrole nitrogens is 1. The number of nitrogens with two attached hydrogens (primary N) is 1. The van der Waals surface area contributed by atoms with Gasteiger partial charge in [0.25, 0.3) is 5.56 Å². The molecule has 0 amide bonds. The van der Waals surface area contributed by atoms with Crippen LogP contribution in [0.3, 0.4) is 0 Å². The summed E-state index contributed by atoms with van der Waals surface area (Å²) in [6.45, 7) is 7.32. The fourth-order valence-corrected chi connectivity index (χ4v) is 1.30. The highest BCUT2D eigenvalue weighted by atomic mass is 16.1. The number of hydrogen-bond donors (Lipinski definition) is 3. The van der Waals surface area contributed by atoms with Gasteiger partial charge in [-0.1, -0.05) is 6.58 Å². The number of hydrogen-bond acceptors (Lipinski definition) is 3. The molecule has 4 N–H and O–H groups in total. The molecule has 0 radical (unpaired) electrons. The van der Waals surface area contributed by atoms with E-state index in [4.69, 9.17) is 5.84 Å². The maximum Gasteiger partial charge on any atom is 0.257 e. The van der Waals surface area contributed by atoms with Gasteiger partial charge in [-0.25, -0.2) is 0 Å². The summed E-state index contributed by atoms with van der Waals surface area (Å²) in [5.74, 6) is 5.18. The smallest absolute Gasteiger partial charge is 0.257 e. The van der Waals surface area contributed by atoms with Gasteiger partial charge in [0.15, 0.2) is 0 Å². The highest BCUT2D eigenvalue weighted by Gasteiger charge is 2.06. The first kappa shape index (κ1) is 9.54. The van der Waals surface area contributed by atoms with Gasteiger partial charge in [0.1, 0.15) is 0 Å². The maximum absolute atomic E-state index is 11.4. The van der Waals surface area contributed by atoms with Crippen molar-refractivity contribution in [3.05, 3.63) is 39.8 Å². The number of pyridine rings is 1. The lowest BCUT2D eigenvalue weighted by Gasteiger charge is -2.07. The predicted octanol–water partition coefficient (Wildman–Crippen LogP) is 0.426. The lowest BCUT2D eigenvalue weighted by Crippen LogP contribution is -2.25. The normalized spacial score (nSPS) is 9.77. The lowest BCUT2D eigenvalue weighted by atomic mass is 10.1. The SMILES string of the molecule is C=C(NN)c1c(C)cc(C)[nH]c1=O. The summed E-state index contributed by atoms with van der Waals surface area (Å²) >= 11 is 0. The Balaban J connectivity index is 3.38. The minimum absolute atomic E-state index is 0.166. The maximum atomic E-state index is 11.4. The van der Waals surface area contributed by atoms with Gasteiger partial charge < -0.3 is 10.4 Å². The number of aromatic nitrogens is 1. The second-order valence-corrected chi connectivity index (χ2v) is 2.96. The summed E-state index contributed by atoms with van der Waals surface area (Å²) in [5, 5.41) is 0. The zero-order valence-electron chi connectivity index (χ0n) is 7.77. The fraction of sp³-hybridized carbons (Fsp3) is 0.222. The molecular weight excluding hydrogens is 166 g/mol. The van der Waals surface area contributed by atoms with Crippen molar-refractivity contribution in [2.75, 3.05) is 0 Å². The molecule has 0 saturated carbocycles. The molecule has 1 aromatic heterocycles. The molecule has 0 fully saturated rings. The van der Waals surface area contributed by atoms with Crippen molar-refractivity contribution in [3.8, 4) is 0 Å². The predicted molar refractivity (Wildman–Crippen MR) is 52.9 cm³/mol. The van der Waals surface area contributed by atoms with Crippen LogP contribution in [0, 0.1) is 13.8 Å². The minimum atomic E-state index is -0.166. The van der Waals surface area contributed by atoms with Crippen LogP contribution in [-0.2, 0) is 0 Å². The molecule has 0 unspecified atom stereocenters. The molecule has 0 atom stereocenters. The molecule has 70 valence electrons. The van der Waals surface area contributed by atoms with Crippen LogP contribution in [0.15, 0.2) is 17.4 Å². The largest absolute Gasteiger partial charge is 0.326 e. The van der Waals surface area contributed by atoms with Gasteiger partial charge in [-0.15, -0.1) is 0 Å². The van der Waals surface area contributed by atoms with E-state index in [1.165, 1.54) is 0 Å². The van der Waals surface area contributed by atoms with Crippen LogP contribution in [0.4, 0.5) is 0 Å². The second-order valence-electron chi connectivity index (χ2n) is 2.96. The van der Waals surface area contributed by atoms with E-state index in [-0.39, 0.29) is 5.56 Å². The Morgan fingerprint density at radius 3 is 2.69 bits per heavy atom. The molecule has 0 aliphatic heterocycles. The Morgan fingerprint density at radius 2 is 2.23 bits per heavy atom. The summed E-state index contributed by atoms with van der Waals surface area (Å²) in [7, 11) is 0. The average molecular weight is 179 g/mol. The molecule has 4 heteroatoms. The van der Waals surface area contributed by atoms with Crippen LogP contribution in [0.2, 0.25) is 0 Å². The van der Waals surface area contributed by atoms with E-state index >= 15 is 0 Å². The summed E-state index contributed by atoms with van der Waals surface area (Å²) in [6.07, 6.45) is 0. The summed E-state index contributed by atoms with van der Waals surface area (Å²) in [4.78, 5) is 14.1. The average Bonchev–Trinajstić information content (AvgIpc) is 2.02. The number of hydrazine groups is 1. The van der Waals surface area contributed by atoms with Crippen LogP contribution in [0.1, 0.15) is 16.8 Å². The van der Waals surface area contributed by atoms with Crippen LogP contribution >= 0.6 is 0 Å². The first-order valence-electron chi connectivity index (χ1n) is 3.92. The van der Waals surface area contributed by atoms with E-state index in [9.17, 15) is 4.79 Å². The molecule has 0 aliphatic carbocycles. The van der Waals surface area contributed by atoms with Crippen LogP contribution in [0.5, 0.6) is 0 Å². The molecule has 1 heterocycles. The van der Waals surface area contributed by atoms with E-state index in [1.807, 2.05) is 19.9 Å². The van der Waals surface area contributed by atoms with Gasteiger partial charge in [-0.05, 0) is 25.5 Å². The summed E-state index contributed by atoms with van der Waals surface area (Å²) in [6, 6.07) is 1.87. The third-order valence-electron chi connectivity index (χ3n) is 1.84. The van der Waals surface area contributed by atoms with Gasteiger partial charge >= 0.3 is 0 Å². The zero-order chi connectivity index (χ0) is 10.0. The quantitative estimate of drug-likeness (QED) is 0.455. The van der Waals surface area contributed by atoms with Gasteiger partial charge in [-0.3, -0.25) is 10.6 Å². The van der Waals surface area contributed by atoms with E-state index in [0.717, 1.165) is 11.3 Å². The van der Waals surface area contributed by atoms with Crippen LogP contribution in [0.25, 0.3) is 5.70 Å². The van der Waals surface area contributed by atoms with Gasteiger partial charge in [-0.2, -0.15) is 0 Å². The molecule has 4 nitrogen and oxygen atoms in total. The lowest BCUT2D eigenvalue weighted by molar-refractivity contribution is 0.977. The Morgan fingerprint density at radius 1 is 1.62 bits per heavy atom. The Bertz CT molecular complexity index is 392. The number of rotatable bonds is 2. The van der Waals surface area contributed by atoms with Gasteiger partial charge in [0.2, 0.25) is 0 Å². The van der Waals surface area contributed by atoms with Crippen molar-refractivity contribution in [1.29, 1.82) is 0 Å². The van der Waals surface area contributed by atoms with E-state index in [0.29, 0.717) is 11.3 Å². The van der Waals surface area contributed by atoms with Crippen molar-refractivity contribution < 1.29 is 0 Å². The molecular formula is C9H13N3O. The third kappa shape index (κ3) is 1.78. The molecule has 0 aromatic carbocycles. The summed E-state index contributed by atoms with van der Waals surface area (Å²) in [5.41, 5.74) is 4.83. The van der Waals surface area contributed by atoms with Crippen molar-refractivity contribution in [2.24, 2.45) is 5.84 Å². The molecule has 0 aliphatic rings.